The van der Waals surface area contributed by atoms with E-state index in [2.05, 4.69) is 27.7 Å². The molecule has 0 aromatic rings. The summed E-state index contributed by atoms with van der Waals surface area (Å²) in [6.45, 7) is 9.37. The van der Waals surface area contributed by atoms with Crippen LogP contribution in [0.15, 0.2) is 0 Å². The molecule has 0 radical (unpaired) electrons. The zero-order valence-electron chi connectivity index (χ0n) is 17.9. The van der Waals surface area contributed by atoms with Crippen molar-refractivity contribution in [1.82, 2.24) is 0 Å². The van der Waals surface area contributed by atoms with Crippen molar-refractivity contribution in [2.75, 3.05) is 0 Å². The largest absolute Gasteiger partial charge is 0.0654 e. The highest BCUT2D eigenvalue weighted by Crippen LogP contribution is 2.30. The van der Waals surface area contributed by atoms with E-state index in [1.54, 1.807) is 0 Å². The van der Waals surface area contributed by atoms with Crippen molar-refractivity contribution in [3.8, 4) is 0 Å². The Morgan fingerprint density at radius 2 is 0.750 bits per heavy atom. The predicted octanol–water partition coefficient (Wildman–Crippen LogP) is 9.32. The lowest BCUT2D eigenvalue weighted by atomic mass is 9.82. The Bertz CT molecular complexity index is 220. The summed E-state index contributed by atoms with van der Waals surface area (Å²) in [4.78, 5) is 0. The fourth-order valence-corrected chi connectivity index (χ4v) is 4.22. The summed E-state index contributed by atoms with van der Waals surface area (Å²) in [5, 5.41) is 0. The first-order chi connectivity index (χ1) is 11.8. The van der Waals surface area contributed by atoms with Gasteiger partial charge in [0.15, 0.2) is 0 Å². The van der Waals surface area contributed by atoms with Crippen LogP contribution in [-0.2, 0) is 0 Å². The first-order valence-corrected chi connectivity index (χ1v) is 11.8. The minimum atomic E-state index is 1.02. The molecular weight excluding hydrogens is 288 g/mol. The van der Waals surface area contributed by atoms with Gasteiger partial charge in [-0.1, -0.05) is 137 Å². The Morgan fingerprint density at radius 1 is 0.375 bits per heavy atom. The van der Waals surface area contributed by atoms with Gasteiger partial charge in [0.1, 0.15) is 0 Å². The molecule has 0 saturated carbocycles. The normalized spacial score (nSPS) is 14.0. The molecular formula is C24H50. The summed E-state index contributed by atoms with van der Waals surface area (Å²) >= 11 is 0. The molecule has 0 aliphatic carbocycles. The van der Waals surface area contributed by atoms with Crippen LogP contribution in [-0.4, -0.2) is 0 Å². The smallest absolute Gasteiger partial charge is 0.0412 e. The maximum atomic E-state index is 2.38. The topological polar surface area (TPSA) is 0 Å². The van der Waals surface area contributed by atoms with Gasteiger partial charge < -0.3 is 0 Å². The maximum Gasteiger partial charge on any atom is -0.0412 e. The zero-order chi connectivity index (χ0) is 17.9. The lowest BCUT2D eigenvalue weighted by Gasteiger charge is -2.24. The molecule has 0 heteroatoms. The van der Waals surface area contributed by atoms with Gasteiger partial charge in [-0.3, -0.25) is 0 Å². The van der Waals surface area contributed by atoms with E-state index in [9.17, 15) is 0 Å². The van der Waals surface area contributed by atoms with Crippen LogP contribution < -0.4 is 0 Å². The molecule has 0 saturated heterocycles. The van der Waals surface area contributed by atoms with Crippen LogP contribution in [0.1, 0.15) is 143 Å². The molecule has 0 aliphatic rings. The number of rotatable bonds is 19. The van der Waals surface area contributed by atoms with Gasteiger partial charge in [0, 0.05) is 0 Å². The third-order valence-corrected chi connectivity index (χ3v) is 5.76. The molecule has 0 aromatic heterocycles. The fraction of sp³-hybridized carbons (Fsp3) is 1.00. The molecule has 0 rings (SSSR count). The van der Waals surface area contributed by atoms with Gasteiger partial charge in [-0.2, -0.15) is 0 Å². The van der Waals surface area contributed by atoms with Gasteiger partial charge in [-0.25, -0.2) is 0 Å². The van der Waals surface area contributed by atoms with E-state index in [-0.39, 0.29) is 0 Å². The third-order valence-electron chi connectivity index (χ3n) is 5.76. The highest BCUT2D eigenvalue weighted by Gasteiger charge is 2.15. The Kier molecular flexibility index (Phi) is 19.3. The van der Waals surface area contributed by atoms with Crippen molar-refractivity contribution < 1.29 is 0 Å². The highest BCUT2D eigenvalue weighted by atomic mass is 14.2. The molecule has 0 N–H and O–H groups in total. The summed E-state index contributed by atoms with van der Waals surface area (Å²) in [7, 11) is 0. The second-order valence-corrected chi connectivity index (χ2v) is 8.30. The van der Waals surface area contributed by atoms with Gasteiger partial charge in [0.2, 0.25) is 0 Å². The predicted molar refractivity (Wildman–Crippen MR) is 113 cm³/mol. The SMILES string of the molecule is CCCCCCCCC(CCCCC)CC(CCC)CCCCC. The fourth-order valence-electron chi connectivity index (χ4n) is 4.22. The summed E-state index contributed by atoms with van der Waals surface area (Å²) < 4.78 is 0. The van der Waals surface area contributed by atoms with E-state index in [0.29, 0.717) is 0 Å². The van der Waals surface area contributed by atoms with Crippen molar-refractivity contribution in [3.05, 3.63) is 0 Å². The van der Waals surface area contributed by atoms with Gasteiger partial charge in [-0.05, 0) is 18.3 Å². The monoisotopic (exact) mass is 338 g/mol. The molecule has 24 heavy (non-hydrogen) atoms. The van der Waals surface area contributed by atoms with Gasteiger partial charge in [-0.15, -0.1) is 0 Å². The number of unbranched alkanes of at least 4 members (excludes halogenated alkanes) is 9. The van der Waals surface area contributed by atoms with Gasteiger partial charge in [0.05, 0.1) is 0 Å². The van der Waals surface area contributed by atoms with Crippen LogP contribution in [0.25, 0.3) is 0 Å². The molecule has 2 unspecified atom stereocenters. The van der Waals surface area contributed by atoms with Gasteiger partial charge in [0.25, 0.3) is 0 Å². The van der Waals surface area contributed by atoms with Crippen molar-refractivity contribution in [2.24, 2.45) is 11.8 Å². The highest BCUT2D eigenvalue weighted by molar-refractivity contribution is 4.68. The van der Waals surface area contributed by atoms with E-state index in [1.807, 2.05) is 0 Å². The van der Waals surface area contributed by atoms with Crippen molar-refractivity contribution in [2.45, 2.75) is 143 Å². The molecule has 0 nitrogen and oxygen atoms in total. The van der Waals surface area contributed by atoms with Crippen LogP contribution >= 0.6 is 0 Å². The van der Waals surface area contributed by atoms with Gasteiger partial charge >= 0.3 is 0 Å². The zero-order valence-corrected chi connectivity index (χ0v) is 17.9. The van der Waals surface area contributed by atoms with Crippen molar-refractivity contribution in [3.63, 3.8) is 0 Å². The lowest BCUT2D eigenvalue weighted by molar-refractivity contribution is 0.287. The second kappa shape index (κ2) is 19.3. The Morgan fingerprint density at radius 3 is 1.25 bits per heavy atom. The quantitative estimate of drug-likeness (QED) is 0.206. The van der Waals surface area contributed by atoms with Crippen molar-refractivity contribution in [1.29, 1.82) is 0 Å². The van der Waals surface area contributed by atoms with Crippen LogP contribution in [0.3, 0.4) is 0 Å². The van der Waals surface area contributed by atoms with E-state index in [4.69, 9.17) is 0 Å². The minimum absolute atomic E-state index is 1.02. The molecule has 0 spiro atoms. The second-order valence-electron chi connectivity index (χ2n) is 8.30. The third kappa shape index (κ3) is 15.5. The van der Waals surface area contributed by atoms with E-state index in [0.717, 1.165) is 11.8 Å². The molecule has 0 heterocycles. The standard InChI is InChI=1S/C24H50/c1-5-9-12-13-14-17-21-24(20-16-11-7-3)22-23(18-8-4)19-15-10-6-2/h23-24H,5-22H2,1-4H3. The number of hydrogen-bond acceptors (Lipinski definition) is 0. The molecule has 0 amide bonds. The summed E-state index contributed by atoms with van der Waals surface area (Å²) in [5.41, 5.74) is 0. The maximum absolute atomic E-state index is 2.38. The molecule has 0 aliphatic heterocycles. The Balaban J connectivity index is 4.16. The molecule has 0 bridgehead atoms. The van der Waals surface area contributed by atoms with Crippen LogP contribution in [0, 0.1) is 11.8 Å². The summed E-state index contributed by atoms with van der Waals surface area (Å²) in [6, 6.07) is 0. The van der Waals surface area contributed by atoms with Crippen molar-refractivity contribution >= 4 is 0 Å². The molecule has 2 atom stereocenters. The number of hydrogen-bond donors (Lipinski definition) is 0. The lowest BCUT2D eigenvalue weighted by Crippen LogP contribution is -2.10. The minimum Gasteiger partial charge on any atom is -0.0654 e. The van der Waals surface area contributed by atoms with E-state index < -0.39 is 0 Å². The first-order valence-electron chi connectivity index (χ1n) is 11.8. The molecule has 0 fully saturated rings. The molecule has 0 aromatic carbocycles. The van der Waals surface area contributed by atoms with Crippen LogP contribution in [0.2, 0.25) is 0 Å². The Labute approximate surface area is 155 Å². The average molecular weight is 339 g/mol. The van der Waals surface area contributed by atoms with E-state index >= 15 is 0 Å². The Hall–Kier alpha value is 0. The van der Waals surface area contributed by atoms with Crippen LogP contribution in [0.4, 0.5) is 0 Å². The average Bonchev–Trinajstić information content (AvgIpc) is 2.58. The first kappa shape index (κ1) is 24.0. The molecule has 146 valence electrons. The summed E-state index contributed by atoms with van der Waals surface area (Å²) in [6.07, 6.45) is 26.2. The summed E-state index contributed by atoms with van der Waals surface area (Å²) in [5.74, 6) is 2.05. The van der Waals surface area contributed by atoms with E-state index in [1.165, 1.54) is 116 Å². The van der Waals surface area contributed by atoms with Crippen LogP contribution in [0.5, 0.6) is 0 Å².